The van der Waals surface area contributed by atoms with Crippen LogP contribution in [0.5, 0.6) is 0 Å². The number of nitrogens with one attached hydrogen (secondary N) is 2. The molecule has 1 aromatic rings. The number of rotatable bonds is 5. The Bertz CT molecular complexity index is 351. The van der Waals surface area contributed by atoms with E-state index >= 15 is 0 Å². The zero-order valence-electron chi connectivity index (χ0n) is 9.03. The SMILES string of the molecule is CNCc1nnc(NC2CC2)n1C1CC1. The predicted molar refractivity (Wildman–Crippen MR) is 57.7 cm³/mol. The molecule has 2 N–H and O–H groups in total. The Morgan fingerprint density at radius 3 is 2.67 bits per heavy atom. The van der Waals surface area contributed by atoms with Gasteiger partial charge in [-0.2, -0.15) is 0 Å². The van der Waals surface area contributed by atoms with Crippen molar-refractivity contribution in [2.45, 2.75) is 44.3 Å². The molecule has 0 radical (unpaired) electrons. The zero-order chi connectivity index (χ0) is 10.3. The Labute approximate surface area is 89.3 Å². The standard InChI is InChI=1S/C10H17N5/c1-11-6-9-13-14-10(12-7-2-3-7)15(9)8-4-5-8/h7-8,11H,2-6H2,1H3,(H,12,14). The molecular formula is C10H17N5. The number of anilines is 1. The molecule has 2 saturated carbocycles. The number of hydrogen-bond acceptors (Lipinski definition) is 4. The summed E-state index contributed by atoms with van der Waals surface area (Å²) < 4.78 is 2.27. The molecule has 0 saturated heterocycles. The van der Waals surface area contributed by atoms with Gasteiger partial charge in [0.25, 0.3) is 0 Å². The third kappa shape index (κ3) is 1.84. The van der Waals surface area contributed by atoms with Crippen molar-refractivity contribution in [3.8, 4) is 0 Å². The molecule has 0 spiro atoms. The van der Waals surface area contributed by atoms with Crippen molar-refractivity contribution in [2.24, 2.45) is 0 Å². The van der Waals surface area contributed by atoms with Crippen molar-refractivity contribution in [3.05, 3.63) is 5.82 Å². The third-order valence-corrected chi connectivity index (χ3v) is 2.92. The lowest BCUT2D eigenvalue weighted by Crippen LogP contribution is -2.14. The third-order valence-electron chi connectivity index (χ3n) is 2.92. The molecule has 2 aliphatic rings. The van der Waals surface area contributed by atoms with E-state index in [9.17, 15) is 0 Å². The van der Waals surface area contributed by atoms with Crippen LogP contribution in [0.1, 0.15) is 37.5 Å². The highest BCUT2D eigenvalue weighted by Gasteiger charge is 2.31. The Morgan fingerprint density at radius 1 is 1.27 bits per heavy atom. The maximum atomic E-state index is 4.24. The molecule has 5 heteroatoms. The normalized spacial score (nSPS) is 20.6. The molecular weight excluding hydrogens is 190 g/mol. The van der Waals surface area contributed by atoms with Gasteiger partial charge in [0.05, 0.1) is 6.54 Å². The second kappa shape index (κ2) is 3.48. The van der Waals surface area contributed by atoms with Gasteiger partial charge in [-0.3, -0.25) is 4.57 Å². The molecule has 82 valence electrons. The largest absolute Gasteiger partial charge is 0.352 e. The lowest BCUT2D eigenvalue weighted by Gasteiger charge is -2.09. The van der Waals surface area contributed by atoms with E-state index in [1.165, 1.54) is 25.7 Å². The molecule has 3 rings (SSSR count). The lowest BCUT2D eigenvalue weighted by molar-refractivity contribution is 0.647. The highest BCUT2D eigenvalue weighted by Crippen LogP contribution is 2.38. The molecule has 1 heterocycles. The molecule has 0 atom stereocenters. The Kier molecular flexibility index (Phi) is 2.12. The molecule has 0 bridgehead atoms. The van der Waals surface area contributed by atoms with Crippen LogP contribution in [0.4, 0.5) is 5.95 Å². The summed E-state index contributed by atoms with van der Waals surface area (Å²) >= 11 is 0. The summed E-state index contributed by atoms with van der Waals surface area (Å²) in [7, 11) is 1.94. The van der Waals surface area contributed by atoms with E-state index < -0.39 is 0 Å². The highest BCUT2D eigenvalue weighted by molar-refractivity contribution is 5.31. The van der Waals surface area contributed by atoms with Crippen molar-refractivity contribution in [1.29, 1.82) is 0 Å². The van der Waals surface area contributed by atoms with Crippen LogP contribution in [0.3, 0.4) is 0 Å². The minimum Gasteiger partial charge on any atom is -0.352 e. The molecule has 2 fully saturated rings. The number of aromatic nitrogens is 3. The van der Waals surface area contributed by atoms with E-state index in [0.29, 0.717) is 12.1 Å². The fourth-order valence-electron chi connectivity index (χ4n) is 1.83. The Hall–Kier alpha value is -1.10. The van der Waals surface area contributed by atoms with Crippen LogP contribution >= 0.6 is 0 Å². The van der Waals surface area contributed by atoms with Crippen molar-refractivity contribution < 1.29 is 0 Å². The molecule has 0 unspecified atom stereocenters. The minimum absolute atomic E-state index is 0.643. The summed E-state index contributed by atoms with van der Waals surface area (Å²) in [6.45, 7) is 0.801. The molecule has 1 aromatic heterocycles. The first-order valence-electron chi connectivity index (χ1n) is 5.73. The van der Waals surface area contributed by atoms with Gasteiger partial charge in [0.15, 0.2) is 0 Å². The topological polar surface area (TPSA) is 54.8 Å². The molecule has 0 aromatic carbocycles. The van der Waals surface area contributed by atoms with Crippen LogP contribution < -0.4 is 10.6 Å². The van der Waals surface area contributed by atoms with E-state index in [-0.39, 0.29) is 0 Å². The number of nitrogens with zero attached hydrogens (tertiary/aromatic N) is 3. The van der Waals surface area contributed by atoms with Crippen LogP contribution in [-0.4, -0.2) is 27.9 Å². The summed E-state index contributed by atoms with van der Waals surface area (Å²) in [5.41, 5.74) is 0. The molecule has 5 nitrogen and oxygen atoms in total. The van der Waals surface area contributed by atoms with Gasteiger partial charge in [-0.15, -0.1) is 10.2 Å². The zero-order valence-corrected chi connectivity index (χ0v) is 9.03. The second-order valence-electron chi connectivity index (χ2n) is 4.49. The Balaban J connectivity index is 1.83. The van der Waals surface area contributed by atoms with Crippen LogP contribution in [0.15, 0.2) is 0 Å². The van der Waals surface area contributed by atoms with Gasteiger partial charge >= 0.3 is 0 Å². The van der Waals surface area contributed by atoms with E-state index in [4.69, 9.17) is 0 Å². The molecule has 0 aliphatic heterocycles. The van der Waals surface area contributed by atoms with E-state index in [1.54, 1.807) is 0 Å². The first-order chi connectivity index (χ1) is 7.38. The fourth-order valence-corrected chi connectivity index (χ4v) is 1.83. The van der Waals surface area contributed by atoms with Gasteiger partial charge < -0.3 is 10.6 Å². The maximum absolute atomic E-state index is 4.24. The first-order valence-corrected chi connectivity index (χ1v) is 5.73. The van der Waals surface area contributed by atoms with Gasteiger partial charge in [0.1, 0.15) is 5.82 Å². The van der Waals surface area contributed by atoms with Crippen LogP contribution in [0.2, 0.25) is 0 Å². The van der Waals surface area contributed by atoms with Crippen molar-refractivity contribution in [2.75, 3.05) is 12.4 Å². The van der Waals surface area contributed by atoms with Crippen LogP contribution in [0, 0.1) is 0 Å². The summed E-state index contributed by atoms with van der Waals surface area (Å²) in [6.07, 6.45) is 5.10. The fraction of sp³-hybridized carbons (Fsp3) is 0.800. The highest BCUT2D eigenvalue weighted by atomic mass is 15.4. The van der Waals surface area contributed by atoms with Crippen LogP contribution in [-0.2, 0) is 6.54 Å². The van der Waals surface area contributed by atoms with Crippen molar-refractivity contribution in [3.63, 3.8) is 0 Å². The van der Waals surface area contributed by atoms with Gasteiger partial charge in [-0.25, -0.2) is 0 Å². The van der Waals surface area contributed by atoms with E-state index in [0.717, 1.165) is 18.3 Å². The predicted octanol–water partition coefficient (Wildman–Crippen LogP) is 0.907. The van der Waals surface area contributed by atoms with Gasteiger partial charge in [-0.05, 0) is 32.7 Å². The number of hydrogen-bond donors (Lipinski definition) is 2. The van der Waals surface area contributed by atoms with Crippen molar-refractivity contribution >= 4 is 5.95 Å². The molecule has 0 amide bonds. The molecule has 15 heavy (non-hydrogen) atoms. The lowest BCUT2D eigenvalue weighted by atomic mass is 10.5. The van der Waals surface area contributed by atoms with Crippen LogP contribution in [0.25, 0.3) is 0 Å². The quantitative estimate of drug-likeness (QED) is 0.753. The average Bonchev–Trinajstić information content (AvgIpc) is 3.09. The summed E-state index contributed by atoms with van der Waals surface area (Å²) in [6, 6.07) is 1.29. The van der Waals surface area contributed by atoms with Gasteiger partial charge in [-0.1, -0.05) is 0 Å². The summed E-state index contributed by atoms with van der Waals surface area (Å²) in [4.78, 5) is 0. The summed E-state index contributed by atoms with van der Waals surface area (Å²) in [5, 5.41) is 15.1. The smallest absolute Gasteiger partial charge is 0.225 e. The summed E-state index contributed by atoms with van der Waals surface area (Å²) in [5.74, 6) is 2.04. The second-order valence-corrected chi connectivity index (χ2v) is 4.49. The average molecular weight is 207 g/mol. The maximum Gasteiger partial charge on any atom is 0.225 e. The van der Waals surface area contributed by atoms with Crippen molar-refractivity contribution in [1.82, 2.24) is 20.1 Å². The van der Waals surface area contributed by atoms with Gasteiger partial charge in [0, 0.05) is 12.1 Å². The molecule has 2 aliphatic carbocycles. The monoisotopic (exact) mass is 207 g/mol. The first kappa shape index (κ1) is 9.15. The Morgan fingerprint density at radius 2 is 2.07 bits per heavy atom. The van der Waals surface area contributed by atoms with E-state index in [2.05, 4.69) is 25.4 Å². The van der Waals surface area contributed by atoms with E-state index in [1.807, 2.05) is 7.05 Å². The van der Waals surface area contributed by atoms with Gasteiger partial charge in [0.2, 0.25) is 5.95 Å². The minimum atomic E-state index is 0.643.